The van der Waals surface area contributed by atoms with Gasteiger partial charge in [0.05, 0.1) is 24.7 Å². The molecule has 0 aliphatic heterocycles. The average Bonchev–Trinajstić information content (AvgIpc) is 2.74. The molecular formula is C15H14IN3O. The van der Waals surface area contributed by atoms with Crippen LogP contribution in [0.25, 0.3) is 11.0 Å². The first-order valence-corrected chi connectivity index (χ1v) is 7.29. The van der Waals surface area contributed by atoms with Gasteiger partial charge in [0.2, 0.25) is 5.95 Å². The molecule has 0 spiro atoms. The van der Waals surface area contributed by atoms with Crippen molar-refractivity contribution in [2.24, 2.45) is 0 Å². The largest absolute Gasteiger partial charge is 0.497 e. The van der Waals surface area contributed by atoms with Crippen LogP contribution < -0.4 is 10.5 Å². The van der Waals surface area contributed by atoms with Crippen molar-refractivity contribution < 1.29 is 4.74 Å². The summed E-state index contributed by atoms with van der Waals surface area (Å²) in [6.45, 7) is 0.681. The number of halogens is 1. The number of methoxy groups -OCH3 is 1. The first-order chi connectivity index (χ1) is 9.67. The molecule has 0 saturated carbocycles. The summed E-state index contributed by atoms with van der Waals surface area (Å²) in [5.74, 6) is 1.38. The van der Waals surface area contributed by atoms with Crippen LogP contribution in [0.3, 0.4) is 0 Å². The molecule has 2 aromatic carbocycles. The van der Waals surface area contributed by atoms with Crippen LogP contribution in [0.15, 0.2) is 42.5 Å². The van der Waals surface area contributed by atoms with Crippen molar-refractivity contribution in [3.05, 3.63) is 51.6 Å². The second-order valence-electron chi connectivity index (χ2n) is 4.54. The predicted octanol–water partition coefficient (Wildman–Crippen LogP) is 3.28. The standard InChI is InChI=1S/C15H14IN3O/c1-20-12-4-2-3-10(7-12)9-19-14-6-5-11(16)8-13(14)18-15(19)17/h2-8H,9H2,1H3,(H2,17,18). The third kappa shape index (κ3) is 2.45. The van der Waals surface area contributed by atoms with Crippen molar-refractivity contribution >= 4 is 39.6 Å². The molecule has 0 aliphatic rings. The number of imidazole rings is 1. The van der Waals surface area contributed by atoms with E-state index in [1.165, 1.54) is 0 Å². The van der Waals surface area contributed by atoms with E-state index in [2.05, 4.69) is 45.8 Å². The van der Waals surface area contributed by atoms with Gasteiger partial charge in [0, 0.05) is 3.57 Å². The van der Waals surface area contributed by atoms with Crippen molar-refractivity contribution in [1.29, 1.82) is 0 Å². The maximum absolute atomic E-state index is 6.04. The van der Waals surface area contributed by atoms with E-state index >= 15 is 0 Å². The van der Waals surface area contributed by atoms with Crippen LogP contribution in [-0.4, -0.2) is 16.7 Å². The fraction of sp³-hybridized carbons (Fsp3) is 0.133. The zero-order chi connectivity index (χ0) is 14.1. The van der Waals surface area contributed by atoms with Crippen LogP contribution in [0.5, 0.6) is 5.75 Å². The molecule has 0 aliphatic carbocycles. The van der Waals surface area contributed by atoms with Crippen LogP contribution in [0.2, 0.25) is 0 Å². The average molecular weight is 379 g/mol. The van der Waals surface area contributed by atoms with Crippen molar-refractivity contribution in [1.82, 2.24) is 9.55 Å². The minimum atomic E-state index is 0.532. The Morgan fingerprint density at radius 3 is 2.90 bits per heavy atom. The van der Waals surface area contributed by atoms with Gasteiger partial charge in [-0.25, -0.2) is 4.98 Å². The van der Waals surface area contributed by atoms with Gasteiger partial charge < -0.3 is 15.0 Å². The van der Waals surface area contributed by atoms with Crippen LogP contribution in [-0.2, 0) is 6.54 Å². The smallest absolute Gasteiger partial charge is 0.201 e. The Bertz CT molecular complexity index is 767. The molecule has 0 unspecified atom stereocenters. The van der Waals surface area contributed by atoms with Crippen LogP contribution >= 0.6 is 22.6 Å². The third-order valence-corrected chi connectivity index (χ3v) is 3.89. The lowest BCUT2D eigenvalue weighted by molar-refractivity contribution is 0.414. The lowest BCUT2D eigenvalue weighted by Gasteiger charge is -2.08. The minimum absolute atomic E-state index is 0.532. The highest BCUT2D eigenvalue weighted by atomic mass is 127. The number of nitrogen functional groups attached to an aromatic ring is 1. The summed E-state index contributed by atoms with van der Waals surface area (Å²) in [5, 5.41) is 0. The SMILES string of the molecule is COc1cccc(Cn2c(N)nc3cc(I)ccc32)c1. The number of hydrogen-bond donors (Lipinski definition) is 1. The van der Waals surface area contributed by atoms with Gasteiger partial charge in [-0.3, -0.25) is 0 Å². The zero-order valence-corrected chi connectivity index (χ0v) is 13.2. The van der Waals surface area contributed by atoms with E-state index < -0.39 is 0 Å². The second kappa shape index (κ2) is 5.32. The van der Waals surface area contributed by atoms with Crippen molar-refractivity contribution in [3.8, 4) is 5.75 Å². The van der Waals surface area contributed by atoms with Gasteiger partial charge in [-0.05, 0) is 58.5 Å². The Morgan fingerprint density at radius 1 is 1.25 bits per heavy atom. The number of benzene rings is 2. The summed E-state index contributed by atoms with van der Waals surface area (Å²) >= 11 is 2.28. The maximum Gasteiger partial charge on any atom is 0.201 e. The fourth-order valence-electron chi connectivity index (χ4n) is 2.24. The number of hydrogen-bond acceptors (Lipinski definition) is 3. The van der Waals surface area contributed by atoms with Gasteiger partial charge in [0.25, 0.3) is 0 Å². The summed E-state index contributed by atoms with van der Waals surface area (Å²) in [4.78, 5) is 4.42. The number of aromatic nitrogens is 2. The van der Waals surface area contributed by atoms with E-state index in [1.54, 1.807) is 7.11 Å². The van der Waals surface area contributed by atoms with Crippen LogP contribution in [0.1, 0.15) is 5.56 Å². The number of ether oxygens (including phenoxy) is 1. The van der Waals surface area contributed by atoms with Crippen molar-refractivity contribution in [2.75, 3.05) is 12.8 Å². The van der Waals surface area contributed by atoms with Gasteiger partial charge in [0.1, 0.15) is 5.75 Å². The number of anilines is 1. The number of rotatable bonds is 3. The highest BCUT2D eigenvalue weighted by molar-refractivity contribution is 14.1. The van der Waals surface area contributed by atoms with E-state index in [0.29, 0.717) is 12.5 Å². The van der Waals surface area contributed by atoms with E-state index in [4.69, 9.17) is 10.5 Å². The lowest BCUT2D eigenvalue weighted by Crippen LogP contribution is -2.04. The van der Waals surface area contributed by atoms with Crippen molar-refractivity contribution in [3.63, 3.8) is 0 Å². The van der Waals surface area contributed by atoms with E-state index in [1.807, 2.05) is 28.8 Å². The Hall–Kier alpha value is -1.76. The summed E-state index contributed by atoms with van der Waals surface area (Å²) in [5.41, 5.74) is 9.15. The fourth-order valence-corrected chi connectivity index (χ4v) is 2.72. The highest BCUT2D eigenvalue weighted by Crippen LogP contribution is 2.22. The normalized spacial score (nSPS) is 10.9. The quantitative estimate of drug-likeness (QED) is 0.711. The third-order valence-electron chi connectivity index (χ3n) is 3.21. The summed E-state index contributed by atoms with van der Waals surface area (Å²) in [6, 6.07) is 14.1. The number of nitrogens with two attached hydrogens (primary N) is 1. The molecule has 0 bridgehead atoms. The Labute approximate surface area is 130 Å². The zero-order valence-electron chi connectivity index (χ0n) is 11.0. The molecule has 0 fully saturated rings. The molecule has 0 amide bonds. The van der Waals surface area contributed by atoms with E-state index in [-0.39, 0.29) is 0 Å². The Kier molecular flexibility index (Phi) is 3.52. The minimum Gasteiger partial charge on any atom is -0.497 e. The molecule has 1 heterocycles. The molecule has 1 aromatic heterocycles. The molecule has 0 atom stereocenters. The van der Waals surface area contributed by atoms with Gasteiger partial charge >= 0.3 is 0 Å². The monoisotopic (exact) mass is 379 g/mol. The summed E-state index contributed by atoms with van der Waals surface area (Å²) in [7, 11) is 1.67. The number of nitrogens with zero attached hydrogens (tertiary/aromatic N) is 2. The summed E-state index contributed by atoms with van der Waals surface area (Å²) < 4.78 is 8.42. The Balaban J connectivity index is 2.03. The molecule has 3 rings (SSSR count). The molecule has 2 N–H and O–H groups in total. The molecule has 5 heteroatoms. The van der Waals surface area contributed by atoms with Gasteiger partial charge in [0.15, 0.2) is 0 Å². The second-order valence-corrected chi connectivity index (χ2v) is 5.79. The topological polar surface area (TPSA) is 53.1 Å². The predicted molar refractivity (Wildman–Crippen MR) is 89.0 cm³/mol. The van der Waals surface area contributed by atoms with Crippen LogP contribution in [0.4, 0.5) is 5.95 Å². The molecule has 20 heavy (non-hydrogen) atoms. The molecule has 3 aromatic rings. The molecule has 0 radical (unpaired) electrons. The molecular weight excluding hydrogens is 365 g/mol. The van der Waals surface area contributed by atoms with Gasteiger partial charge in [-0.1, -0.05) is 12.1 Å². The van der Waals surface area contributed by atoms with Gasteiger partial charge in [-0.15, -0.1) is 0 Å². The highest BCUT2D eigenvalue weighted by Gasteiger charge is 2.09. The summed E-state index contributed by atoms with van der Waals surface area (Å²) in [6.07, 6.45) is 0. The van der Waals surface area contributed by atoms with Crippen LogP contribution in [0, 0.1) is 3.57 Å². The molecule has 102 valence electrons. The first-order valence-electron chi connectivity index (χ1n) is 6.21. The lowest BCUT2D eigenvalue weighted by atomic mass is 10.2. The van der Waals surface area contributed by atoms with Crippen molar-refractivity contribution in [2.45, 2.75) is 6.54 Å². The van der Waals surface area contributed by atoms with E-state index in [9.17, 15) is 0 Å². The number of fused-ring (bicyclic) bond motifs is 1. The molecule has 0 saturated heterocycles. The maximum atomic E-state index is 6.04. The first kappa shape index (κ1) is 13.2. The molecule has 4 nitrogen and oxygen atoms in total. The van der Waals surface area contributed by atoms with E-state index in [0.717, 1.165) is 25.9 Å². The Morgan fingerprint density at radius 2 is 2.10 bits per heavy atom. The van der Waals surface area contributed by atoms with Gasteiger partial charge in [-0.2, -0.15) is 0 Å².